The quantitative estimate of drug-likeness (QED) is 0.560. The summed E-state index contributed by atoms with van der Waals surface area (Å²) >= 11 is 5.94. The maximum Gasteiger partial charge on any atom is 0.243 e. The minimum Gasteiger partial charge on any atom is -0.496 e. The van der Waals surface area contributed by atoms with E-state index in [9.17, 15) is 8.42 Å². The van der Waals surface area contributed by atoms with E-state index in [2.05, 4.69) is 15.1 Å². The summed E-state index contributed by atoms with van der Waals surface area (Å²) in [6.45, 7) is 5.50. The van der Waals surface area contributed by atoms with Crippen LogP contribution in [0, 0.1) is 13.8 Å². The minimum absolute atomic E-state index is 0.330. The van der Waals surface area contributed by atoms with Crippen LogP contribution in [-0.4, -0.2) is 56.2 Å². The van der Waals surface area contributed by atoms with Gasteiger partial charge in [-0.25, -0.2) is 8.42 Å². The van der Waals surface area contributed by atoms with Crippen LogP contribution in [-0.2, 0) is 10.0 Å². The number of anilines is 1. The SMILES string of the molecule is COc1cc(C)c(S(=O)(=O)N2CCN(c3ccc(-c4ccc(Cl)cc4)nn3)CC2)cc1C. The van der Waals surface area contributed by atoms with Gasteiger partial charge in [-0.05, 0) is 61.4 Å². The smallest absolute Gasteiger partial charge is 0.243 e. The summed E-state index contributed by atoms with van der Waals surface area (Å²) in [7, 11) is -2.00. The maximum atomic E-state index is 13.3. The second-order valence-corrected chi connectivity index (χ2v) is 10.1. The van der Waals surface area contributed by atoms with Crippen molar-refractivity contribution in [1.29, 1.82) is 0 Å². The Balaban J connectivity index is 1.46. The molecule has 0 bridgehead atoms. The molecule has 9 heteroatoms. The van der Waals surface area contributed by atoms with Gasteiger partial charge in [0.15, 0.2) is 5.82 Å². The predicted octanol–water partition coefficient (Wildman–Crippen LogP) is 3.93. The molecule has 0 spiro atoms. The standard InChI is InChI=1S/C23H25ClN4O3S/c1-16-15-22(17(2)14-21(16)31-3)32(29,30)28-12-10-27(11-13-28)23-9-8-20(25-26-23)18-4-6-19(24)7-5-18/h4-9,14-15H,10-13H2,1-3H3. The number of hydrogen-bond donors (Lipinski definition) is 0. The Bertz CT molecular complexity index is 1210. The summed E-state index contributed by atoms with van der Waals surface area (Å²) in [6, 6.07) is 14.7. The van der Waals surface area contributed by atoms with Gasteiger partial charge in [-0.15, -0.1) is 10.2 Å². The number of rotatable bonds is 5. The number of sulfonamides is 1. The van der Waals surface area contributed by atoms with Crippen LogP contribution in [0.3, 0.4) is 0 Å². The van der Waals surface area contributed by atoms with Gasteiger partial charge >= 0.3 is 0 Å². The van der Waals surface area contributed by atoms with Gasteiger partial charge in [0.25, 0.3) is 0 Å². The van der Waals surface area contributed by atoms with Crippen molar-refractivity contribution in [3.63, 3.8) is 0 Å². The highest BCUT2D eigenvalue weighted by atomic mass is 35.5. The number of nitrogens with zero attached hydrogens (tertiary/aromatic N) is 4. The fourth-order valence-electron chi connectivity index (χ4n) is 3.83. The highest BCUT2D eigenvalue weighted by Gasteiger charge is 2.30. The van der Waals surface area contributed by atoms with Gasteiger partial charge < -0.3 is 9.64 Å². The molecule has 1 aliphatic rings. The van der Waals surface area contributed by atoms with Crippen molar-refractivity contribution in [3.05, 3.63) is 64.7 Å². The first kappa shape index (κ1) is 22.5. The molecule has 32 heavy (non-hydrogen) atoms. The molecule has 0 amide bonds. The Morgan fingerprint density at radius 3 is 2.19 bits per heavy atom. The van der Waals surface area contributed by atoms with Gasteiger partial charge in [0, 0.05) is 36.8 Å². The van der Waals surface area contributed by atoms with Gasteiger partial charge in [0.1, 0.15) is 5.75 Å². The molecule has 0 N–H and O–H groups in total. The molecule has 1 aromatic heterocycles. The number of benzene rings is 2. The second kappa shape index (κ2) is 9.05. The van der Waals surface area contributed by atoms with Crippen LogP contribution in [0.25, 0.3) is 11.3 Å². The molecule has 0 unspecified atom stereocenters. The summed E-state index contributed by atoms with van der Waals surface area (Å²) in [6.07, 6.45) is 0. The van der Waals surface area contributed by atoms with Gasteiger partial charge in [0.2, 0.25) is 10.0 Å². The Morgan fingerprint density at radius 2 is 1.59 bits per heavy atom. The topological polar surface area (TPSA) is 75.6 Å². The Kier molecular flexibility index (Phi) is 6.37. The van der Waals surface area contributed by atoms with Crippen molar-refractivity contribution in [3.8, 4) is 17.0 Å². The predicted molar refractivity (Wildman–Crippen MR) is 126 cm³/mol. The van der Waals surface area contributed by atoms with Crippen molar-refractivity contribution in [2.45, 2.75) is 18.7 Å². The van der Waals surface area contributed by atoms with E-state index >= 15 is 0 Å². The van der Waals surface area contributed by atoms with E-state index in [4.69, 9.17) is 16.3 Å². The van der Waals surface area contributed by atoms with Crippen molar-refractivity contribution in [2.24, 2.45) is 0 Å². The fraction of sp³-hybridized carbons (Fsp3) is 0.304. The van der Waals surface area contributed by atoms with Crippen LogP contribution >= 0.6 is 11.6 Å². The van der Waals surface area contributed by atoms with Crippen LogP contribution in [0.5, 0.6) is 5.75 Å². The van der Waals surface area contributed by atoms with E-state index in [1.807, 2.05) is 43.3 Å². The lowest BCUT2D eigenvalue weighted by molar-refractivity contribution is 0.382. The van der Waals surface area contributed by atoms with Gasteiger partial charge in [0.05, 0.1) is 17.7 Å². The third-order valence-corrected chi connectivity index (χ3v) is 7.96. The average Bonchev–Trinajstić information content (AvgIpc) is 2.81. The molecular weight excluding hydrogens is 448 g/mol. The Morgan fingerprint density at radius 1 is 0.906 bits per heavy atom. The molecule has 7 nitrogen and oxygen atoms in total. The molecular formula is C23H25ClN4O3S. The first-order valence-electron chi connectivity index (χ1n) is 10.3. The zero-order valence-electron chi connectivity index (χ0n) is 18.2. The molecule has 1 saturated heterocycles. The first-order chi connectivity index (χ1) is 15.3. The van der Waals surface area contributed by atoms with Crippen LogP contribution in [0.2, 0.25) is 5.02 Å². The molecule has 3 aromatic rings. The number of methoxy groups -OCH3 is 1. The van der Waals surface area contributed by atoms with E-state index in [0.29, 0.717) is 47.4 Å². The number of ether oxygens (including phenoxy) is 1. The van der Waals surface area contributed by atoms with E-state index < -0.39 is 10.0 Å². The molecule has 1 aliphatic heterocycles. The van der Waals surface area contributed by atoms with Crippen LogP contribution in [0.15, 0.2) is 53.4 Å². The monoisotopic (exact) mass is 472 g/mol. The molecule has 0 atom stereocenters. The molecule has 2 heterocycles. The Labute approximate surface area is 193 Å². The molecule has 0 saturated carbocycles. The van der Waals surface area contributed by atoms with E-state index in [0.717, 1.165) is 22.6 Å². The summed E-state index contributed by atoms with van der Waals surface area (Å²) < 4.78 is 33.4. The molecule has 2 aromatic carbocycles. The number of halogens is 1. The summed E-state index contributed by atoms with van der Waals surface area (Å²) in [5.74, 6) is 1.42. The van der Waals surface area contributed by atoms with Crippen molar-refractivity contribution in [1.82, 2.24) is 14.5 Å². The number of aromatic nitrogens is 2. The Hall–Kier alpha value is -2.68. The van der Waals surface area contributed by atoms with Crippen LogP contribution in [0.1, 0.15) is 11.1 Å². The van der Waals surface area contributed by atoms with Gasteiger partial charge in [-0.3, -0.25) is 0 Å². The summed E-state index contributed by atoms with van der Waals surface area (Å²) in [4.78, 5) is 2.38. The lowest BCUT2D eigenvalue weighted by atomic mass is 10.1. The molecule has 0 aliphatic carbocycles. The zero-order chi connectivity index (χ0) is 22.9. The zero-order valence-corrected chi connectivity index (χ0v) is 19.8. The fourth-order valence-corrected chi connectivity index (χ4v) is 5.67. The maximum absolute atomic E-state index is 13.3. The van der Waals surface area contributed by atoms with Gasteiger partial charge in [-0.2, -0.15) is 4.31 Å². The molecule has 0 radical (unpaired) electrons. The minimum atomic E-state index is -3.59. The lowest BCUT2D eigenvalue weighted by Gasteiger charge is -2.34. The van der Waals surface area contributed by atoms with Crippen LogP contribution in [0.4, 0.5) is 5.82 Å². The van der Waals surface area contributed by atoms with Crippen molar-refractivity contribution < 1.29 is 13.2 Å². The van der Waals surface area contributed by atoms with Gasteiger partial charge in [-0.1, -0.05) is 23.7 Å². The van der Waals surface area contributed by atoms with Crippen molar-refractivity contribution >= 4 is 27.4 Å². The normalized spacial score (nSPS) is 15.1. The van der Waals surface area contributed by atoms with Crippen LogP contribution < -0.4 is 9.64 Å². The number of hydrogen-bond acceptors (Lipinski definition) is 6. The highest BCUT2D eigenvalue weighted by molar-refractivity contribution is 7.89. The third kappa shape index (κ3) is 4.44. The highest BCUT2D eigenvalue weighted by Crippen LogP contribution is 2.29. The molecule has 4 rings (SSSR count). The average molecular weight is 473 g/mol. The largest absolute Gasteiger partial charge is 0.496 e. The number of piperazine rings is 1. The van der Waals surface area contributed by atoms with E-state index in [1.54, 1.807) is 26.2 Å². The van der Waals surface area contributed by atoms with E-state index in [1.165, 1.54) is 4.31 Å². The van der Waals surface area contributed by atoms with E-state index in [-0.39, 0.29) is 0 Å². The summed E-state index contributed by atoms with van der Waals surface area (Å²) in [5, 5.41) is 9.35. The summed E-state index contributed by atoms with van der Waals surface area (Å²) in [5.41, 5.74) is 3.18. The molecule has 168 valence electrons. The second-order valence-electron chi connectivity index (χ2n) is 7.76. The first-order valence-corrected chi connectivity index (χ1v) is 12.1. The molecule has 1 fully saturated rings. The lowest BCUT2D eigenvalue weighted by Crippen LogP contribution is -2.49. The third-order valence-electron chi connectivity index (χ3n) is 5.66. The number of aryl methyl sites for hydroxylation is 2. The van der Waals surface area contributed by atoms with Crippen molar-refractivity contribution in [2.75, 3.05) is 38.2 Å².